The van der Waals surface area contributed by atoms with E-state index in [1.165, 1.54) is 0 Å². The first-order valence-corrected chi connectivity index (χ1v) is 5.79. The average Bonchev–Trinajstić information content (AvgIpc) is 2.95. The van der Waals surface area contributed by atoms with Gasteiger partial charge in [-0.1, -0.05) is 0 Å². The standard InChI is InChI=1S/C10H16F6N2/c11-9(12,13)8(10(14,15)16)6-17-4-1-5-18-7-2-3-7/h7-8,17-18H,1-6H2. The molecule has 1 aliphatic carbocycles. The molecule has 0 unspecified atom stereocenters. The average molecular weight is 278 g/mol. The summed E-state index contributed by atoms with van der Waals surface area (Å²) < 4.78 is 72.8. The topological polar surface area (TPSA) is 24.1 Å². The van der Waals surface area contributed by atoms with Gasteiger partial charge in [0.25, 0.3) is 0 Å². The Morgan fingerprint density at radius 3 is 1.94 bits per heavy atom. The molecule has 0 amide bonds. The molecule has 1 rings (SSSR count). The second-order valence-electron chi connectivity index (χ2n) is 4.42. The van der Waals surface area contributed by atoms with E-state index in [0.29, 0.717) is 19.0 Å². The second kappa shape index (κ2) is 6.10. The van der Waals surface area contributed by atoms with E-state index in [4.69, 9.17) is 0 Å². The Morgan fingerprint density at radius 1 is 0.944 bits per heavy atom. The first-order valence-electron chi connectivity index (χ1n) is 5.79. The van der Waals surface area contributed by atoms with Crippen LogP contribution in [0.3, 0.4) is 0 Å². The van der Waals surface area contributed by atoms with Crippen LogP contribution in [0.5, 0.6) is 0 Å². The summed E-state index contributed by atoms with van der Waals surface area (Å²) >= 11 is 0. The van der Waals surface area contributed by atoms with Gasteiger partial charge in [0, 0.05) is 12.6 Å². The van der Waals surface area contributed by atoms with Crippen LogP contribution in [0.4, 0.5) is 26.3 Å². The number of rotatable bonds is 7. The van der Waals surface area contributed by atoms with E-state index in [9.17, 15) is 26.3 Å². The molecule has 108 valence electrons. The lowest BCUT2D eigenvalue weighted by atomic mass is 10.1. The molecule has 0 saturated heterocycles. The summed E-state index contributed by atoms with van der Waals surface area (Å²) in [6.07, 6.45) is -7.80. The first kappa shape index (κ1) is 15.6. The Labute approximate surface area is 101 Å². The molecule has 1 aliphatic rings. The molecule has 0 aromatic carbocycles. The van der Waals surface area contributed by atoms with Crippen molar-refractivity contribution < 1.29 is 26.3 Å². The van der Waals surface area contributed by atoms with Crippen LogP contribution in [0.1, 0.15) is 19.3 Å². The Hall–Kier alpha value is -0.500. The van der Waals surface area contributed by atoms with Gasteiger partial charge in [-0.2, -0.15) is 26.3 Å². The van der Waals surface area contributed by atoms with Crippen molar-refractivity contribution in [2.24, 2.45) is 5.92 Å². The van der Waals surface area contributed by atoms with Crippen molar-refractivity contribution in [1.82, 2.24) is 10.6 Å². The van der Waals surface area contributed by atoms with E-state index >= 15 is 0 Å². The monoisotopic (exact) mass is 278 g/mol. The smallest absolute Gasteiger partial charge is 0.316 e. The Morgan fingerprint density at radius 2 is 1.50 bits per heavy atom. The van der Waals surface area contributed by atoms with Crippen LogP contribution < -0.4 is 10.6 Å². The SMILES string of the molecule is FC(F)(F)C(CNCCCNC1CC1)C(F)(F)F. The zero-order valence-electron chi connectivity index (χ0n) is 9.67. The lowest BCUT2D eigenvalue weighted by molar-refractivity contribution is -0.281. The van der Waals surface area contributed by atoms with Crippen LogP contribution in [0, 0.1) is 5.92 Å². The normalized spacial score (nSPS) is 17.5. The summed E-state index contributed by atoms with van der Waals surface area (Å²) in [5.74, 6) is -3.29. The molecule has 0 radical (unpaired) electrons. The molecule has 2 N–H and O–H groups in total. The van der Waals surface area contributed by atoms with Crippen molar-refractivity contribution in [3.63, 3.8) is 0 Å². The Bertz CT molecular complexity index is 232. The third-order valence-corrected chi connectivity index (χ3v) is 2.68. The highest BCUT2D eigenvalue weighted by Gasteiger charge is 2.56. The van der Waals surface area contributed by atoms with Crippen LogP contribution in [-0.4, -0.2) is 38.0 Å². The van der Waals surface area contributed by atoms with E-state index in [-0.39, 0.29) is 6.54 Å². The van der Waals surface area contributed by atoms with Crippen molar-refractivity contribution in [1.29, 1.82) is 0 Å². The molecule has 0 spiro atoms. The van der Waals surface area contributed by atoms with Crippen LogP contribution >= 0.6 is 0 Å². The van der Waals surface area contributed by atoms with Gasteiger partial charge >= 0.3 is 12.4 Å². The fourth-order valence-corrected chi connectivity index (χ4v) is 1.47. The highest BCUT2D eigenvalue weighted by atomic mass is 19.4. The summed E-state index contributed by atoms with van der Waals surface area (Å²) in [5, 5.41) is 5.33. The van der Waals surface area contributed by atoms with E-state index in [0.717, 1.165) is 12.8 Å². The molecule has 18 heavy (non-hydrogen) atoms. The fraction of sp³-hybridized carbons (Fsp3) is 1.00. The predicted molar refractivity (Wildman–Crippen MR) is 54.1 cm³/mol. The zero-order chi connectivity index (χ0) is 13.8. The summed E-state index contributed by atoms with van der Waals surface area (Å²) in [4.78, 5) is 0. The van der Waals surface area contributed by atoms with Gasteiger partial charge < -0.3 is 10.6 Å². The van der Waals surface area contributed by atoms with Gasteiger partial charge in [-0.3, -0.25) is 0 Å². The largest absolute Gasteiger partial charge is 0.401 e. The van der Waals surface area contributed by atoms with Crippen LogP contribution in [0.15, 0.2) is 0 Å². The molecule has 8 heteroatoms. The number of hydrogen-bond donors (Lipinski definition) is 2. The van der Waals surface area contributed by atoms with E-state index < -0.39 is 24.8 Å². The summed E-state index contributed by atoms with van der Waals surface area (Å²) in [6.45, 7) is -0.362. The number of nitrogens with one attached hydrogen (secondary N) is 2. The highest BCUT2D eigenvalue weighted by Crippen LogP contribution is 2.38. The summed E-state index contributed by atoms with van der Waals surface area (Å²) in [7, 11) is 0. The Kier molecular flexibility index (Phi) is 5.27. The number of hydrogen-bond acceptors (Lipinski definition) is 2. The number of halogens is 6. The molecule has 0 atom stereocenters. The van der Waals surface area contributed by atoms with Gasteiger partial charge in [0.1, 0.15) is 0 Å². The summed E-state index contributed by atoms with van der Waals surface area (Å²) in [6, 6.07) is 0.489. The highest BCUT2D eigenvalue weighted by molar-refractivity contribution is 4.81. The molecule has 1 saturated carbocycles. The van der Waals surface area contributed by atoms with Crippen molar-refractivity contribution >= 4 is 0 Å². The van der Waals surface area contributed by atoms with Gasteiger partial charge in [-0.25, -0.2) is 0 Å². The quantitative estimate of drug-likeness (QED) is 0.552. The maximum atomic E-state index is 12.1. The Balaban J connectivity index is 2.16. The predicted octanol–water partition coefficient (Wildman–Crippen LogP) is 2.46. The minimum atomic E-state index is -5.25. The molecular formula is C10H16F6N2. The molecule has 2 nitrogen and oxygen atoms in total. The fourth-order valence-electron chi connectivity index (χ4n) is 1.47. The van der Waals surface area contributed by atoms with Crippen LogP contribution in [0.25, 0.3) is 0 Å². The molecule has 0 heterocycles. The number of alkyl halides is 6. The van der Waals surface area contributed by atoms with Crippen molar-refractivity contribution in [2.75, 3.05) is 19.6 Å². The zero-order valence-corrected chi connectivity index (χ0v) is 9.67. The minimum Gasteiger partial charge on any atom is -0.316 e. The molecule has 0 aromatic rings. The third kappa shape index (κ3) is 5.90. The van der Waals surface area contributed by atoms with Gasteiger partial charge in [0.2, 0.25) is 0 Å². The van der Waals surface area contributed by atoms with Gasteiger partial charge in [-0.15, -0.1) is 0 Å². The molecule has 1 fully saturated rings. The lowest BCUT2D eigenvalue weighted by Gasteiger charge is -2.23. The van der Waals surface area contributed by atoms with Crippen molar-refractivity contribution in [3.8, 4) is 0 Å². The third-order valence-electron chi connectivity index (χ3n) is 2.68. The molecule has 0 aliphatic heterocycles. The van der Waals surface area contributed by atoms with E-state index in [1.54, 1.807) is 0 Å². The lowest BCUT2D eigenvalue weighted by Crippen LogP contribution is -2.43. The van der Waals surface area contributed by atoms with Gasteiger partial charge in [0.05, 0.1) is 0 Å². The van der Waals surface area contributed by atoms with Crippen molar-refractivity contribution in [2.45, 2.75) is 37.7 Å². The molecular weight excluding hydrogens is 262 g/mol. The van der Waals surface area contributed by atoms with Gasteiger partial charge in [0.15, 0.2) is 5.92 Å². The summed E-state index contributed by atoms with van der Waals surface area (Å²) in [5.41, 5.74) is 0. The van der Waals surface area contributed by atoms with Crippen LogP contribution in [-0.2, 0) is 0 Å². The first-order chi connectivity index (χ1) is 8.21. The van der Waals surface area contributed by atoms with Crippen LogP contribution in [0.2, 0.25) is 0 Å². The molecule has 0 aromatic heterocycles. The van der Waals surface area contributed by atoms with Crippen molar-refractivity contribution in [3.05, 3.63) is 0 Å². The van der Waals surface area contributed by atoms with Gasteiger partial charge in [-0.05, 0) is 32.4 Å². The second-order valence-corrected chi connectivity index (χ2v) is 4.42. The minimum absolute atomic E-state index is 0.141. The molecule has 0 bridgehead atoms. The maximum absolute atomic E-state index is 12.1. The van der Waals surface area contributed by atoms with E-state index in [2.05, 4.69) is 10.6 Å². The maximum Gasteiger partial charge on any atom is 0.401 e. The van der Waals surface area contributed by atoms with E-state index in [1.807, 2.05) is 0 Å².